The zero-order chi connectivity index (χ0) is 98.8. The van der Waals surface area contributed by atoms with E-state index in [0.717, 1.165) is 57.2 Å². The first-order valence-corrected chi connectivity index (χ1v) is 57.7. The van der Waals surface area contributed by atoms with Gasteiger partial charge in [-0.05, 0) is 159 Å². The van der Waals surface area contributed by atoms with Gasteiger partial charge in [-0.25, -0.2) is 98.2 Å². The SMILES string of the molecule is C.COC(=O)c1ccc(Br)cn1.COC(=O)c1ccc(S(C)(=O)=O)cn1.COC(=O)c1ccc(SC)cn1.CS(=O)(=O)c1ccc(C(=Nc2ccccc2Cl)NN)nc1.CS(=O)(=O)c1ccc(C(=O)Cc2ccccc2Cl)nc1.CS(=O)(=O)c1ccc(C(Cl)=Nc2ccccc2Cl)nc1.C[S-].ClP(Cl)(Cl)(Cl)Cl.NN.O=C(O)c1ccc(Br)cn1.O=C1C=CC(=O)O1.[CH3][Al]([CH3])[CH3].[Na+]. The molecule has 8 N–H and O–H groups in total. The number of Topliss-reactive ketones (excluding diaryl/α,β-unsaturated/α-hetero) is 1. The third-order valence-electron chi connectivity index (χ3n) is 13.4. The first-order chi connectivity index (χ1) is 60.1. The van der Waals surface area contributed by atoms with Crippen LogP contribution in [0, 0.1) is 0 Å². The molecule has 3 aromatic carbocycles. The summed E-state index contributed by atoms with van der Waals surface area (Å²) < 4.78 is 105. The van der Waals surface area contributed by atoms with Crippen LogP contribution in [0.4, 0.5) is 11.4 Å². The molecule has 0 amide bonds. The number of carboxylic acids is 1. The Hall–Kier alpha value is -6.81. The second kappa shape index (κ2) is 65.0. The summed E-state index contributed by atoms with van der Waals surface area (Å²) in [5.74, 6) is 16.9. The van der Waals surface area contributed by atoms with Crippen molar-refractivity contribution in [2.24, 2.45) is 27.5 Å². The van der Waals surface area contributed by atoms with Crippen LogP contribution in [-0.2, 0) is 86.9 Å². The van der Waals surface area contributed by atoms with E-state index < -0.39 is 78.5 Å². The molecule has 10 aromatic rings. The molecule has 0 radical (unpaired) electrons. The quantitative estimate of drug-likeness (QED) is 0.00487. The molecule has 11 rings (SSSR count). The number of aliphatic imine (C=N–C) groups is 2. The van der Waals surface area contributed by atoms with Gasteiger partial charge in [-0.3, -0.25) is 31.4 Å². The number of carbonyl (C=O) groups excluding carboxylic acids is 6. The summed E-state index contributed by atoms with van der Waals surface area (Å²) in [6, 6.07) is 42.3. The number of nitrogens with two attached hydrogens (primary N) is 3. The fourth-order valence-electron chi connectivity index (χ4n) is 7.62. The average molecular weight is 2280 g/mol. The summed E-state index contributed by atoms with van der Waals surface area (Å²) in [4.78, 5) is 112. The molecule has 0 bridgehead atoms. The number of thioether (sulfide) groups is 1. The molecule has 8 heterocycles. The zero-order valence-electron chi connectivity index (χ0n) is 70.5. The van der Waals surface area contributed by atoms with Crippen molar-refractivity contribution < 1.29 is 121 Å². The number of hydrazine groups is 2. The summed E-state index contributed by atoms with van der Waals surface area (Å²) in [7, 11) is -9.25. The predicted molar refractivity (Wildman–Crippen MR) is 526 cm³/mol. The molecule has 0 spiro atoms. The second-order valence-electron chi connectivity index (χ2n) is 24.2. The fourth-order valence-corrected chi connectivity index (χ4v) is 11.5. The fraction of sp³-hybridized carbons (Fsp3) is 0.179. The Morgan fingerprint density at radius 3 is 1.06 bits per heavy atom. The maximum atomic E-state index is 12.1. The van der Waals surface area contributed by atoms with E-state index in [9.17, 15) is 67.2 Å². The number of halogens is 11. The van der Waals surface area contributed by atoms with E-state index in [-0.39, 0.29) is 111 Å². The number of hydrogen-bond donors (Lipinski definition) is 5. The van der Waals surface area contributed by atoms with Crippen molar-refractivity contribution in [2.45, 2.75) is 55.7 Å². The number of aromatic carboxylic acids is 1. The number of cyclic esters (lactones) is 2. The largest absolute Gasteiger partial charge is 1.00 e. The number of rotatable bonds is 16. The predicted octanol–water partition coefficient (Wildman–Crippen LogP) is 14.7. The van der Waals surface area contributed by atoms with E-state index in [1.165, 1.54) is 101 Å². The van der Waals surface area contributed by atoms with Gasteiger partial charge in [0.25, 0.3) is 14.1 Å². The molecule has 0 saturated heterocycles. The summed E-state index contributed by atoms with van der Waals surface area (Å²) in [6.07, 6.45) is 19.7. The molecular formula is C78H85AlBr2Cl9N13NaO20PS6. The Morgan fingerprint density at radius 2 is 0.786 bits per heavy atom. The number of pyridine rings is 7. The third-order valence-corrected chi connectivity index (χ3v) is 20.7. The Labute approximate surface area is 856 Å². The van der Waals surface area contributed by atoms with E-state index >= 15 is 0 Å². The van der Waals surface area contributed by atoms with E-state index in [1.54, 1.807) is 127 Å². The molecule has 131 heavy (non-hydrogen) atoms. The minimum atomic E-state index is -3.69. The van der Waals surface area contributed by atoms with Crippen LogP contribution in [0.15, 0.2) is 257 Å². The molecule has 0 saturated carbocycles. The van der Waals surface area contributed by atoms with Gasteiger partial charge in [0, 0.05) is 106 Å². The zero-order valence-corrected chi connectivity index (χ0v) is 89.4. The van der Waals surface area contributed by atoms with Crippen molar-refractivity contribution in [1.82, 2.24) is 40.3 Å². The van der Waals surface area contributed by atoms with Crippen molar-refractivity contribution in [3.05, 3.63) is 283 Å². The minimum Gasteiger partial charge on any atom is -0.477 e. The molecule has 704 valence electrons. The van der Waals surface area contributed by atoms with Gasteiger partial charge in [-0.2, -0.15) is 6.26 Å². The molecule has 33 nitrogen and oxygen atoms in total. The number of benzene rings is 3. The summed E-state index contributed by atoms with van der Waals surface area (Å²) in [5.41, 5.74) is 6.00. The van der Waals surface area contributed by atoms with E-state index in [0.29, 0.717) is 54.8 Å². The number of nitrogens with one attached hydrogen (secondary N) is 1. The number of amidine groups is 1. The van der Waals surface area contributed by atoms with Crippen LogP contribution >= 0.6 is 150 Å². The maximum Gasteiger partial charge on any atom is 1.00 e. The maximum absolute atomic E-state index is 12.1. The molecule has 0 unspecified atom stereocenters. The monoisotopic (exact) mass is 2270 g/mol. The molecule has 0 atom stereocenters. The van der Waals surface area contributed by atoms with Gasteiger partial charge in [-0.1, -0.05) is 96.3 Å². The first kappa shape index (κ1) is 128. The van der Waals surface area contributed by atoms with Gasteiger partial charge < -0.3 is 42.1 Å². The molecule has 1 aliphatic rings. The Morgan fingerprint density at radius 1 is 0.489 bits per heavy atom. The Balaban J connectivity index is -0.00000142. The molecule has 1 aliphatic heterocycles. The Bertz CT molecular complexity index is 5890. The first-order valence-electron chi connectivity index (χ1n) is 34.8. The topological polar surface area (TPSA) is 518 Å². The molecular weight excluding hydrogens is 2190 g/mol. The summed E-state index contributed by atoms with van der Waals surface area (Å²) >= 11 is 60.8. The van der Waals surface area contributed by atoms with Gasteiger partial charge in [0.05, 0.1) is 62.3 Å². The van der Waals surface area contributed by atoms with Gasteiger partial charge in [0.15, 0.2) is 56.1 Å². The number of esters is 5. The van der Waals surface area contributed by atoms with Crippen LogP contribution in [-0.4, -0.2) is 199 Å². The second-order valence-corrected chi connectivity index (χ2v) is 56.7. The number of hydrogen-bond acceptors (Lipinski definition) is 33. The molecule has 53 heteroatoms. The van der Waals surface area contributed by atoms with E-state index in [1.807, 2.05) is 12.3 Å². The van der Waals surface area contributed by atoms with Crippen LogP contribution in [0.1, 0.15) is 76.8 Å². The third kappa shape index (κ3) is 56.4. The van der Waals surface area contributed by atoms with Crippen LogP contribution in [0.2, 0.25) is 32.4 Å². The Kier molecular flexibility index (Phi) is 63.7. The van der Waals surface area contributed by atoms with Crippen LogP contribution in [0.5, 0.6) is 0 Å². The molecule has 7 aromatic heterocycles. The van der Waals surface area contributed by atoms with Crippen molar-refractivity contribution in [3.8, 4) is 0 Å². The van der Waals surface area contributed by atoms with E-state index in [4.69, 9.17) is 114 Å². The van der Waals surface area contributed by atoms with Crippen molar-refractivity contribution in [3.63, 3.8) is 0 Å². The van der Waals surface area contributed by atoms with Gasteiger partial charge >= 0.3 is 125 Å². The number of carbonyl (C=O) groups is 7. The number of aromatic nitrogens is 7. The molecule has 0 aliphatic carbocycles. The standard InChI is InChI=1S/C14H12ClNO3S.C13H10Cl2N2O2S.C13H13ClN4O2S.C8H9NO4S.C8H9NO2S.C7H6BrNO2.C6H4BrNO2.C4H2O3.CH4S.CH4.3CH3.Al.Cl5P.H4N2.Na/c1-20(18,19)11-6-7-13(16-9-11)14(17)8-10-4-2-3-5-12(10)15;1-20(18,19)9-6-7-12(16-8-9)13(15)17-11-5-3-2-4-10(11)14;1-21(19,20)9-6-7-12(16-8-9)13(18-15)17-11-5-3-2-4-10(11)14;1-13-8(10)7-4-3-6(5-9-7)14(2,11)12;1-11-8(10)7-4-3-6(12-2)5-9-7;1-11-7(10)6-3-2-5(8)4-9-6;7-4-1-2-5(6(9)10)8-3-4;5-3-1-2-4(6)7-3;1-2;;;;;;1-6(2,3,4)5;1-2;/h2-7,9H,8H2,1H3;2-8H,1H3;2-8H,15H2,1H3,(H,17,18);3-5H,1-2H3;3-5H,1-2H3;2-4H,1H3;1-3H,(H,9,10);1-2H;2H,1H3;1H4;3*1H3;;;1-2H2;/q;;;;;;;;;;;;;;;;+1/p-1. The number of methoxy groups -OCH3 is 3. The van der Waals surface area contributed by atoms with E-state index in [2.05, 4.69) is 143 Å². The molecule has 0 fully saturated rings. The average Bonchev–Trinajstić information content (AvgIpc) is 1.61. The van der Waals surface area contributed by atoms with Gasteiger partial charge in [0.1, 0.15) is 39.9 Å². The van der Waals surface area contributed by atoms with Gasteiger partial charge in [-0.15, -0.1) is 29.1 Å². The van der Waals surface area contributed by atoms with Crippen LogP contribution in [0.3, 0.4) is 0 Å². The number of sulfone groups is 4. The number of para-hydroxylation sites is 2. The number of ketones is 1. The number of nitrogens with zero attached hydrogens (tertiary/aromatic N) is 9. The minimum absolute atomic E-state index is 0. The van der Waals surface area contributed by atoms with Crippen molar-refractivity contribution >= 4 is 280 Å². The van der Waals surface area contributed by atoms with Crippen LogP contribution in [0.25, 0.3) is 0 Å². The number of ether oxygens (including phenoxy) is 4. The van der Waals surface area contributed by atoms with Crippen molar-refractivity contribution in [1.29, 1.82) is 0 Å². The van der Waals surface area contributed by atoms with Crippen molar-refractivity contribution in [2.75, 3.05) is 58.9 Å². The normalized spacial score (nSPS) is 11.2. The number of carboxylic acid groups (broad SMARTS) is 1. The summed E-state index contributed by atoms with van der Waals surface area (Å²) in [5, 5.41) is 10.00. The summed E-state index contributed by atoms with van der Waals surface area (Å²) in [6.45, 7) is 0. The van der Waals surface area contributed by atoms with Gasteiger partial charge in [0.2, 0.25) is 0 Å². The smallest absolute Gasteiger partial charge is 0.477 e. The van der Waals surface area contributed by atoms with Crippen LogP contribution < -0.4 is 52.5 Å².